The zero-order valence-corrected chi connectivity index (χ0v) is 16.9. The van der Waals surface area contributed by atoms with Crippen molar-refractivity contribution in [3.63, 3.8) is 0 Å². The molecule has 2 aromatic rings. The fourth-order valence-corrected chi connectivity index (χ4v) is 4.60. The lowest BCUT2D eigenvalue weighted by Crippen LogP contribution is -2.39. The van der Waals surface area contributed by atoms with Crippen LogP contribution >= 0.6 is 0 Å². The van der Waals surface area contributed by atoms with Gasteiger partial charge in [-0.2, -0.15) is 0 Å². The number of aliphatic hydroxyl groups excluding tert-OH is 1. The van der Waals surface area contributed by atoms with E-state index in [-0.39, 0.29) is 24.1 Å². The van der Waals surface area contributed by atoms with Crippen LogP contribution in [0.1, 0.15) is 55.3 Å². The van der Waals surface area contributed by atoms with E-state index < -0.39 is 0 Å². The van der Waals surface area contributed by atoms with Crippen LogP contribution in [0.5, 0.6) is 0 Å². The molecular formula is C22H30N4O3. The van der Waals surface area contributed by atoms with Crippen molar-refractivity contribution >= 4 is 22.8 Å². The number of amides is 1. The lowest BCUT2D eigenvalue weighted by Gasteiger charge is -2.26. The average molecular weight is 399 g/mol. The molecule has 156 valence electrons. The van der Waals surface area contributed by atoms with Crippen LogP contribution in [0, 0.1) is 5.92 Å². The van der Waals surface area contributed by atoms with Gasteiger partial charge in [-0.25, -0.2) is 9.97 Å². The van der Waals surface area contributed by atoms with E-state index >= 15 is 0 Å². The number of para-hydroxylation sites is 1. The van der Waals surface area contributed by atoms with Gasteiger partial charge in [-0.15, -0.1) is 0 Å². The molecule has 0 bridgehead atoms. The summed E-state index contributed by atoms with van der Waals surface area (Å²) < 4.78 is 5.31. The molecule has 2 aliphatic rings. The van der Waals surface area contributed by atoms with Crippen LogP contribution in [0.3, 0.4) is 0 Å². The SMILES string of the molecule is COC[C@H]1CCC[C@H]1NC(=O)c1cccc2cnc(N[C@H]3CC[C@H](O)CC3)nc12. The number of aromatic nitrogens is 2. The molecule has 2 atom stereocenters. The molecular weight excluding hydrogens is 368 g/mol. The number of carbonyl (C=O) groups is 1. The molecule has 0 radical (unpaired) electrons. The third kappa shape index (κ3) is 4.67. The normalized spacial score (nSPS) is 27.1. The van der Waals surface area contributed by atoms with Gasteiger partial charge in [0.1, 0.15) is 0 Å². The molecule has 7 nitrogen and oxygen atoms in total. The van der Waals surface area contributed by atoms with Gasteiger partial charge in [-0.1, -0.05) is 18.6 Å². The van der Waals surface area contributed by atoms with Crippen LogP contribution in [-0.2, 0) is 4.74 Å². The maximum absolute atomic E-state index is 13.0. The van der Waals surface area contributed by atoms with E-state index in [1.165, 1.54) is 0 Å². The number of aliphatic hydroxyl groups is 1. The van der Waals surface area contributed by atoms with Gasteiger partial charge in [-0.3, -0.25) is 4.79 Å². The highest BCUT2D eigenvalue weighted by Gasteiger charge is 2.29. The van der Waals surface area contributed by atoms with Gasteiger partial charge >= 0.3 is 0 Å². The maximum Gasteiger partial charge on any atom is 0.253 e. The number of hydrogen-bond donors (Lipinski definition) is 3. The summed E-state index contributed by atoms with van der Waals surface area (Å²) in [5.74, 6) is 0.818. The summed E-state index contributed by atoms with van der Waals surface area (Å²) in [6.07, 6.45) is 8.13. The molecule has 3 N–H and O–H groups in total. The molecule has 1 heterocycles. The molecule has 0 unspecified atom stereocenters. The smallest absolute Gasteiger partial charge is 0.253 e. The van der Waals surface area contributed by atoms with E-state index in [1.54, 1.807) is 13.3 Å². The molecule has 29 heavy (non-hydrogen) atoms. The van der Waals surface area contributed by atoms with E-state index in [2.05, 4.69) is 20.6 Å². The Hall–Kier alpha value is -2.25. The van der Waals surface area contributed by atoms with Crippen molar-refractivity contribution in [1.29, 1.82) is 0 Å². The highest BCUT2D eigenvalue weighted by molar-refractivity contribution is 6.05. The number of nitrogens with zero attached hydrogens (tertiary/aromatic N) is 2. The second-order valence-electron chi connectivity index (χ2n) is 8.31. The van der Waals surface area contributed by atoms with E-state index in [4.69, 9.17) is 4.74 Å². The summed E-state index contributed by atoms with van der Waals surface area (Å²) in [7, 11) is 1.71. The second kappa shape index (κ2) is 9.05. The molecule has 4 rings (SSSR count). The minimum atomic E-state index is -0.196. The summed E-state index contributed by atoms with van der Waals surface area (Å²) >= 11 is 0. The van der Waals surface area contributed by atoms with Crippen LogP contribution in [0.15, 0.2) is 24.4 Å². The molecule has 1 amide bonds. The average Bonchev–Trinajstić information content (AvgIpc) is 3.16. The zero-order valence-electron chi connectivity index (χ0n) is 16.9. The Morgan fingerprint density at radius 1 is 1.21 bits per heavy atom. The second-order valence-corrected chi connectivity index (χ2v) is 8.31. The number of benzene rings is 1. The van der Waals surface area contributed by atoms with Gasteiger partial charge < -0.3 is 20.5 Å². The Labute approximate surface area is 171 Å². The third-order valence-corrected chi connectivity index (χ3v) is 6.24. The largest absolute Gasteiger partial charge is 0.393 e. The minimum absolute atomic E-state index is 0.0889. The van der Waals surface area contributed by atoms with Crippen molar-refractivity contribution < 1.29 is 14.6 Å². The van der Waals surface area contributed by atoms with Crippen molar-refractivity contribution in [3.05, 3.63) is 30.0 Å². The first-order valence-corrected chi connectivity index (χ1v) is 10.6. The first-order valence-electron chi connectivity index (χ1n) is 10.6. The number of nitrogens with one attached hydrogen (secondary N) is 2. The molecule has 0 spiro atoms. The predicted octanol–water partition coefficient (Wildman–Crippen LogP) is 2.89. The van der Waals surface area contributed by atoms with Gasteiger partial charge in [0.25, 0.3) is 5.91 Å². The number of ether oxygens (including phenoxy) is 1. The highest BCUT2D eigenvalue weighted by atomic mass is 16.5. The molecule has 7 heteroatoms. The molecule has 1 aromatic carbocycles. The number of methoxy groups -OCH3 is 1. The Morgan fingerprint density at radius 2 is 2.03 bits per heavy atom. The van der Waals surface area contributed by atoms with Crippen LogP contribution in [0.4, 0.5) is 5.95 Å². The Balaban J connectivity index is 1.52. The molecule has 1 aromatic heterocycles. The van der Waals surface area contributed by atoms with Crippen LogP contribution in [0.2, 0.25) is 0 Å². The van der Waals surface area contributed by atoms with Crippen molar-refractivity contribution in [2.45, 2.75) is 63.1 Å². The lowest BCUT2D eigenvalue weighted by molar-refractivity contribution is 0.0899. The van der Waals surface area contributed by atoms with Gasteiger partial charge in [0, 0.05) is 36.7 Å². The summed E-state index contributed by atoms with van der Waals surface area (Å²) in [6, 6.07) is 6.02. The standard InChI is InChI=1S/C22H30N4O3/c1-29-13-15-5-3-7-19(15)25-21(28)18-6-2-4-14-12-23-22(26-20(14)18)24-16-8-10-17(27)11-9-16/h2,4,6,12,15-17,19,27H,3,5,7-11,13H2,1H3,(H,25,28)(H,23,24,26)/t15-,16-,17-,19-/m1/s1. The third-order valence-electron chi connectivity index (χ3n) is 6.24. The zero-order chi connectivity index (χ0) is 20.2. The predicted molar refractivity (Wildman–Crippen MR) is 112 cm³/mol. The summed E-state index contributed by atoms with van der Waals surface area (Å²) in [6.45, 7) is 0.673. The fourth-order valence-electron chi connectivity index (χ4n) is 4.60. The van der Waals surface area contributed by atoms with Gasteiger partial charge in [0.2, 0.25) is 5.95 Å². The monoisotopic (exact) mass is 398 g/mol. The number of anilines is 1. The molecule has 2 aliphatic carbocycles. The first-order chi connectivity index (χ1) is 14.1. The van der Waals surface area contributed by atoms with E-state index in [0.717, 1.165) is 50.3 Å². The summed E-state index contributed by atoms with van der Waals surface area (Å²) in [4.78, 5) is 22.1. The van der Waals surface area contributed by atoms with Crippen molar-refractivity contribution in [3.8, 4) is 0 Å². The number of fused-ring (bicyclic) bond motifs is 1. The molecule has 2 fully saturated rings. The summed E-state index contributed by atoms with van der Waals surface area (Å²) in [5, 5.41) is 17.1. The van der Waals surface area contributed by atoms with E-state index in [1.807, 2.05) is 18.2 Å². The number of carbonyl (C=O) groups excluding carboxylic acids is 1. The van der Waals surface area contributed by atoms with Crippen molar-refractivity contribution in [1.82, 2.24) is 15.3 Å². The minimum Gasteiger partial charge on any atom is -0.393 e. The number of hydrogen-bond acceptors (Lipinski definition) is 6. The van der Waals surface area contributed by atoms with Crippen LogP contribution in [0.25, 0.3) is 10.9 Å². The van der Waals surface area contributed by atoms with Gasteiger partial charge in [0.15, 0.2) is 0 Å². The van der Waals surface area contributed by atoms with Crippen molar-refractivity contribution in [2.24, 2.45) is 5.92 Å². The molecule has 0 saturated heterocycles. The Kier molecular flexibility index (Phi) is 6.25. The van der Waals surface area contributed by atoms with E-state index in [0.29, 0.717) is 29.6 Å². The quantitative estimate of drug-likeness (QED) is 0.692. The van der Waals surface area contributed by atoms with Crippen LogP contribution < -0.4 is 10.6 Å². The van der Waals surface area contributed by atoms with E-state index in [9.17, 15) is 9.90 Å². The van der Waals surface area contributed by atoms with Gasteiger partial charge in [0.05, 0.1) is 23.8 Å². The lowest BCUT2D eigenvalue weighted by atomic mass is 9.93. The van der Waals surface area contributed by atoms with Crippen LogP contribution in [-0.4, -0.2) is 52.9 Å². The first kappa shape index (κ1) is 20.0. The Morgan fingerprint density at radius 3 is 2.83 bits per heavy atom. The van der Waals surface area contributed by atoms with Crippen molar-refractivity contribution in [2.75, 3.05) is 19.0 Å². The number of rotatable bonds is 6. The van der Waals surface area contributed by atoms with Gasteiger partial charge in [-0.05, 0) is 44.6 Å². The summed E-state index contributed by atoms with van der Waals surface area (Å²) in [5.41, 5.74) is 1.25. The maximum atomic E-state index is 13.0. The Bertz CT molecular complexity index is 851. The highest BCUT2D eigenvalue weighted by Crippen LogP contribution is 2.27. The molecule has 2 saturated carbocycles. The fraction of sp³-hybridized carbons (Fsp3) is 0.591. The molecule has 0 aliphatic heterocycles. The topological polar surface area (TPSA) is 96.4 Å².